The molecule has 2 rings (SSSR count). The van der Waals surface area contributed by atoms with Crippen molar-refractivity contribution in [1.29, 1.82) is 0 Å². The molecule has 1 heterocycles. The van der Waals surface area contributed by atoms with E-state index in [1.54, 1.807) is 0 Å². The van der Waals surface area contributed by atoms with Crippen LogP contribution in [0, 0.1) is 0 Å². The van der Waals surface area contributed by atoms with E-state index in [1.807, 2.05) is 7.05 Å². The standard InChI is InChI=1S/C12H19N3/c1-13-10-3-5-11(6-4-10)14-12-7-8-15(2)9-12/h3-6,12-14H,7-9H2,1-2H3. The lowest BCUT2D eigenvalue weighted by Crippen LogP contribution is -2.23. The lowest BCUT2D eigenvalue weighted by molar-refractivity contribution is 0.414. The van der Waals surface area contributed by atoms with Crippen molar-refractivity contribution in [3.8, 4) is 0 Å². The predicted octanol–water partition coefficient (Wildman–Crippen LogP) is 1.84. The van der Waals surface area contributed by atoms with Crippen LogP contribution in [-0.2, 0) is 0 Å². The van der Waals surface area contributed by atoms with Gasteiger partial charge >= 0.3 is 0 Å². The van der Waals surface area contributed by atoms with Crippen LogP contribution in [0.2, 0.25) is 0 Å². The Kier molecular flexibility index (Phi) is 3.11. The third-order valence-corrected chi connectivity index (χ3v) is 2.94. The quantitative estimate of drug-likeness (QED) is 0.788. The van der Waals surface area contributed by atoms with Gasteiger partial charge in [-0.1, -0.05) is 0 Å². The molecule has 0 amide bonds. The molecule has 1 atom stereocenters. The van der Waals surface area contributed by atoms with Crippen molar-refractivity contribution in [2.75, 3.05) is 37.8 Å². The molecule has 1 aromatic carbocycles. The number of rotatable bonds is 3. The Labute approximate surface area is 91.5 Å². The minimum Gasteiger partial charge on any atom is -0.388 e. The first kappa shape index (κ1) is 10.3. The van der Waals surface area contributed by atoms with Gasteiger partial charge in [0.05, 0.1) is 0 Å². The summed E-state index contributed by atoms with van der Waals surface area (Å²) >= 11 is 0. The fraction of sp³-hybridized carbons (Fsp3) is 0.500. The molecule has 1 aromatic rings. The van der Waals surface area contributed by atoms with Gasteiger partial charge in [-0.2, -0.15) is 0 Å². The van der Waals surface area contributed by atoms with Gasteiger partial charge in [-0.15, -0.1) is 0 Å². The Hall–Kier alpha value is -1.22. The van der Waals surface area contributed by atoms with Gasteiger partial charge in [0.25, 0.3) is 0 Å². The van der Waals surface area contributed by atoms with E-state index in [0.717, 1.165) is 12.2 Å². The molecule has 15 heavy (non-hydrogen) atoms. The Balaban J connectivity index is 1.93. The fourth-order valence-corrected chi connectivity index (χ4v) is 2.02. The molecule has 0 aliphatic carbocycles. The van der Waals surface area contributed by atoms with Crippen LogP contribution in [0.15, 0.2) is 24.3 Å². The first-order chi connectivity index (χ1) is 7.28. The van der Waals surface area contributed by atoms with E-state index in [2.05, 4.69) is 46.8 Å². The predicted molar refractivity (Wildman–Crippen MR) is 65.5 cm³/mol. The van der Waals surface area contributed by atoms with E-state index in [9.17, 15) is 0 Å². The van der Waals surface area contributed by atoms with Gasteiger partial charge in [0.15, 0.2) is 0 Å². The van der Waals surface area contributed by atoms with Gasteiger partial charge in [0.1, 0.15) is 0 Å². The summed E-state index contributed by atoms with van der Waals surface area (Å²) in [6, 6.07) is 9.06. The molecular weight excluding hydrogens is 186 g/mol. The molecule has 0 saturated carbocycles. The number of likely N-dealkylation sites (tertiary alicyclic amines) is 1. The lowest BCUT2D eigenvalue weighted by atomic mass is 10.2. The highest BCUT2D eigenvalue weighted by Gasteiger charge is 2.18. The van der Waals surface area contributed by atoms with Gasteiger partial charge in [0.2, 0.25) is 0 Å². The van der Waals surface area contributed by atoms with Crippen LogP contribution < -0.4 is 10.6 Å². The molecule has 0 radical (unpaired) electrons. The van der Waals surface area contributed by atoms with E-state index < -0.39 is 0 Å². The summed E-state index contributed by atoms with van der Waals surface area (Å²) in [7, 11) is 4.11. The largest absolute Gasteiger partial charge is 0.388 e. The monoisotopic (exact) mass is 205 g/mol. The van der Waals surface area contributed by atoms with Crippen LogP contribution in [0.5, 0.6) is 0 Å². The topological polar surface area (TPSA) is 27.3 Å². The Bertz CT molecular complexity index is 307. The summed E-state index contributed by atoms with van der Waals surface area (Å²) in [6.45, 7) is 2.35. The molecule has 1 unspecified atom stereocenters. The summed E-state index contributed by atoms with van der Waals surface area (Å²) in [5.41, 5.74) is 2.37. The van der Waals surface area contributed by atoms with Gasteiger partial charge in [-0.3, -0.25) is 0 Å². The highest BCUT2D eigenvalue weighted by atomic mass is 15.2. The second kappa shape index (κ2) is 4.53. The zero-order valence-electron chi connectivity index (χ0n) is 9.46. The first-order valence-corrected chi connectivity index (χ1v) is 5.51. The van der Waals surface area contributed by atoms with Crippen LogP contribution >= 0.6 is 0 Å². The number of benzene rings is 1. The summed E-state index contributed by atoms with van der Waals surface area (Å²) in [6.07, 6.45) is 1.24. The lowest BCUT2D eigenvalue weighted by Gasteiger charge is -2.14. The Morgan fingerprint density at radius 3 is 2.40 bits per heavy atom. The normalized spacial score (nSPS) is 21.6. The average molecular weight is 205 g/mol. The third kappa shape index (κ3) is 2.63. The number of hydrogen-bond acceptors (Lipinski definition) is 3. The summed E-state index contributed by atoms with van der Waals surface area (Å²) < 4.78 is 0. The number of nitrogens with one attached hydrogen (secondary N) is 2. The van der Waals surface area contributed by atoms with E-state index in [1.165, 1.54) is 18.7 Å². The third-order valence-electron chi connectivity index (χ3n) is 2.94. The number of anilines is 2. The molecule has 2 N–H and O–H groups in total. The maximum Gasteiger partial charge on any atom is 0.0400 e. The molecule has 1 saturated heterocycles. The number of nitrogens with zero attached hydrogens (tertiary/aromatic N) is 1. The summed E-state index contributed by atoms with van der Waals surface area (Å²) in [5, 5.41) is 6.67. The SMILES string of the molecule is CNc1ccc(NC2CCN(C)C2)cc1. The van der Waals surface area contributed by atoms with Crippen LogP contribution in [0.4, 0.5) is 11.4 Å². The minimum absolute atomic E-state index is 0.607. The maximum atomic E-state index is 3.55. The van der Waals surface area contributed by atoms with Crippen molar-refractivity contribution in [2.45, 2.75) is 12.5 Å². The smallest absolute Gasteiger partial charge is 0.0400 e. The second-order valence-electron chi connectivity index (χ2n) is 4.22. The van der Waals surface area contributed by atoms with Gasteiger partial charge < -0.3 is 15.5 Å². The number of likely N-dealkylation sites (N-methyl/N-ethyl adjacent to an activating group) is 1. The first-order valence-electron chi connectivity index (χ1n) is 5.51. The molecule has 0 spiro atoms. The average Bonchev–Trinajstić information content (AvgIpc) is 2.65. The zero-order valence-corrected chi connectivity index (χ0v) is 9.46. The van der Waals surface area contributed by atoms with Gasteiger partial charge in [0, 0.05) is 31.0 Å². The van der Waals surface area contributed by atoms with Crippen LogP contribution in [0.1, 0.15) is 6.42 Å². The second-order valence-corrected chi connectivity index (χ2v) is 4.22. The molecule has 3 heteroatoms. The van der Waals surface area contributed by atoms with Gasteiger partial charge in [-0.25, -0.2) is 0 Å². The molecule has 1 aliphatic heterocycles. The zero-order chi connectivity index (χ0) is 10.7. The molecule has 0 aromatic heterocycles. The molecule has 0 bridgehead atoms. The van der Waals surface area contributed by atoms with Crippen molar-refractivity contribution in [1.82, 2.24) is 4.90 Å². The van der Waals surface area contributed by atoms with Crippen molar-refractivity contribution in [3.63, 3.8) is 0 Å². The van der Waals surface area contributed by atoms with Gasteiger partial charge in [-0.05, 0) is 44.3 Å². The molecular formula is C12H19N3. The van der Waals surface area contributed by atoms with Crippen molar-refractivity contribution in [3.05, 3.63) is 24.3 Å². The fourth-order valence-electron chi connectivity index (χ4n) is 2.02. The highest BCUT2D eigenvalue weighted by Crippen LogP contribution is 2.17. The molecule has 1 aliphatic rings. The van der Waals surface area contributed by atoms with E-state index in [-0.39, 0.29) is 0 Å². The van der Waals surface area contributed by atoms with Crippen LogP contribution in [-0.4, -0.2) is 38.1 Å². The van der Waals surface area contributed by atoms with Crippen molar-refractivity contribution in [2.24, 2.45) is 0 Å². The molecule has 3 nitrogen and oxygen atoms in total. The van der Waals surface area contributed by atoms with Crippen LogP contribution in [0.3, 0.4) is 0 Å². The summed E-state index contributed by atoms with van der Waals surface area (Å²) in [5.74, 6) is 0. The Morgan fingerprint density at radius 1 is 1.20 bits per heavy atom. The molecule has 82 valence electrons. The van der Waals surface area contributed by atoms with Crippen LogP contribution in [0.25, 0.3) is 0 Å². The summed E-state index contributed by atoms with van der Waals surface area (Å²) in [4.78, 5) is 2.36. The minimum atomic E-state index is 0.607. The maximum absolute atomic E-state index is 3.55. The van der Waals surface area contributed by atoms with E-state index in [0.29, 0.717) is 6.04 Å². The Morgan fingerprint density at radius 2 is 1.87 bits per heavy atom. The molecule has 1 fully saturated rings. The number of hydrogen-bond donors (Lipinski definition) is 2. The van der Waals surface area contributed by atoms with E-state index >= 15 is 0 Å². The van der Waals surface area contributed by atoms with E-state index in [4.69, 9.17) is 0 Å². The highest BCUT2D eigenvalue weighted by molar-refractivity contribution is 5.53. The van der Waals surface area contributed by atoms with Crippen molar-refractivity contribution >= 4 is 11.4 Å². The van der Waals surface area contributed by atoms with Crippen molar-refractivity contribution < 1.29 is 0 Å².